The number of carbonyl (C=O) groups is 1. The molecular formula is C21H26N3O2+. The summed E-state index contributed by atoms with van der Waals surface area (Å²) in [6.45, 7) is 7.34. The van der Waals surface area contributed by atoms with Gasteiger partial charge in [-0.2, -0.15) is 5.10 Å². The van der Waals surface area contributed by atoms with Gasteiger partial charge in [0.05, 0.1) is 18.9 Å². The molecule has 2 aromatic rings. The average Bonchev–Trinajstić information content (AvgIpc) is 2.68. The Hall–Kier alpha value is -2.50. The first kappa shape index (κ1) is 18.3. The van der Waals surface area contributed by atoms with Gasteiger partial charge in [0.25, 0.3) is 5.91 Å². The second kappa shape index (κ2) is 8.74. The quantitative estimate of drug-likeness (QED) is 0.636. The Morgan fingerprint density at radius 2 is 1.73 bits per heavy atom. The number of quaternary nitrogens is 1. The van der Waals surface area contributed by atoms with E-state index >= 15 is 0 Å². The number of nitrogens with one attached hydrogen (secondary N) is 2. The summed E-state index contributed by atoms with van der Waals surface area (Å²) in [6.07, 6.45) is 0. The van der Waals surface area contributed by atoms with E-state index in [1.165, 1.54) is 10.5 Å². The molecule has 0 aliphatic carbocycles. The van der Waals surface area contributed by atoms with E-state index in [-0.39, 0.29) is 11.9 Å². The number of aryl methyl sites for hydroxylation is 1. The maximum absolute atomic E-state index is 12.4. The van der Waals surface area contributed by atoms with E-state index in [1.807, 2.05) is 56.3 Å². The van der Waals surface area contributed by atoms with Crippen LogP contribution in [0.2, 0.25) is 0 Å². The average molecular weight is 352 g/mol. The molecule has 0 aromatic heterocycles. The first-order valence-corrected chi connectivity index (χ1v) is 9.03. The SMILES string of the molecule is C/C(=N/NC(=O)c1ccc(C)cc1)[C@@H](c1ccccc1)[NH+]1CCOCC1. The molecule has 0 bridgehead atoms. The molecule has 26 heavy (non-hydrogen) atoms. The molecule has 1 saturated heterocycles. The van der Waals surface area contributed by atoms with Crippen LogP contribution in [-0.4, -0.2) is 37.9 Å². The Morgan fingerprint density at radius 3 is 2.38 bits per heavy atom. The van der Waals surface area contributed by atoms with Gasteiger partial charge in [-0.15, -0.1) is 0 Å². The molecule has 1 heterocycles. The highest BCUT2D eigenvalue weighted by Crippen LogP contribution is 2.12. The molecule has 5 nitrogen and oxygen atoms in total. The van der Waals surface area contributed by atoms with E-state index in [0.29, 0.717) is 5.56 Å². The third kappa shape index (κ3) is 4.56. The Kier molecular flexibility index (Phi) is 6.15. The Balaban J connectivity index is 1.77. The van der Waals surface area contributed by atoms with Crippen LogP contribution in [0.25, 0.3) is 0 Å². The van der Waals surface area contributed by atoms with Crippen LogP contribution in [0.1, 0.15) is 34.5 Å². The van der Waals surface area contributed by atoms with Gasteiger partial charge in [-0.1, -0.05) is 48.0 Å². The van der Waals surface area contributed by atoms with Crippen molar-refractivity contribution in [3.63, 3.8) is 0 Å². The molecule has 0 unspecified atom stereocenters. The van der Waals surface area contributed by atoms with Crippen molar-refractivity contribution in [2.24, 2.45) is 5.10 Å². The van der Waals surface area contributed by atoms with Crippen molar-refractivity contribution in [1.29, 1.82) is 0 Å². The molecule has 5 heteroatoms. The van der Waals surface area contributed by atoms with Gasteiger partial charge in [0.15, 0.2) is 6.04 Å². The molecule has 1 fully saturated rings. The molecule has 1 aliphatic heterocycles. The second-order valence-corrected chi connectivity index (χ2v) is 6.67. The van der Waals surface area contributed by atoms with Crippen molar-refractivity contribution in [2.75, 3.05) is 26.3 Å². The maximum Gasteiger partial charge on any atom is 0.271 e. The molecule has 3 rings (SSSR count). The highest BCUT2D eigenvalue weighted by Gasteiger charge is 2.29. The third-order valence-corrected chi connectivity index (χ3v) is 4.74. The minimum Gasteiger partial charge on any atom is -0.370 e. The second-order valence-electron chi connectivity index (χ2n) is 6.67. The third-order valence-electron chi connectivity index (χ3n) is 4.74. The fraction of sp³-hybridized carbons (Fsp3) is 0.333. The van der Waals surface area contributed by atoms with Crippen molar-refractivity contribution in [3.8, 4) is 0 Å². The number of hydrogen-bond acceptors (Lipinski definition) is 3. The first-order valence-electron chi connectivity index (χ1n) is 9.03. The number of benzene rings is 2. The van der Waals surface area contributed by atoms with E-state index in [1.54, 1.807) is 0 Å². The standard InChI is InChI=1S/C21H25N3O2/c1-16-8-10-19(11-9-16)21(25)23-22-17(2)20(18-6-4-3-5-7-18)24-12-14-26-15-13-24/h3-11,20H,12-15H2,1-2H3,(H,23,25)/p+1/b22-17-/t20-/m0/s1. The minimum atomic E-state index is -0.187. The molecule has 0 spiro atoms. The van der Waals surface area contributed by atoms with E-state index < -0.39 is 0 Å². The monoisotopic (exact) mass is 352 g/mol. The number of ether oxygens (including phenoxy) is 1. The first-order chi connectivity index (χ1) is 12.6. The Labute approximate surface area is 154 Å². The van der Waals surface area contributed by atoms with E-state index in [4.69, 9.17) is 4.74 Å². The zero-order chi connectivity index (χ0) is 18.4. The number of hydrazone groups is 1. The van der Waals surface area contributed by atoms with Crippen LogP contribution in [-0.2, 0) is 4.74 Å². The number of morpholine rings is 1. The topological polar surface area (TPSA) is 55.1 Å². The number of carbonyl (C=O) groups excluding carboxylic acids is 1. The molecular weight excluding hydrogens is 326 g/mol. The summed E-state index contributed by atoms with van der Waals surface area (Å²) in [5.41, 5.74) is 6.55. The predicted octanol–water partition coefficient (Wildman–Crippen LogP) is 1.76. The lowest BCUT2D eigenvalue weighted by molar-refractivity contribution is -0.928. The molecule has 1 atom stereocenters. The van der Waals surface area contributed by atoms with Crippen LogP contribution in [0.15, 0.2) is 59.7 Å². The summed E-state index contributed by atoms with van der Waals surface area (Å²) in [4.78, 5) is 13.8. The summed E-state index contributed by atoms with van der Waals surface area (Å²) in [6, 6.07) is 17.9. The summed E-state index contributed by atoms with van der Waals surface area (Å²) in [5, 5.41) is 4.43. The smallest absolute Gasteiger partial charge is 0.271 e. The molecule has 0 radical (unpaired) electrons. The van der Waals surface area contributed by atoms with Crippen molar-refractivity contribution in [3.05, 3.63) is 71.3 Å². The lowest BCUT2D eigenvalue weighted by Crippen LogP contribution is -3.15. The van der Waals surface area contributed by atoms with Crippen molar-refractivity contribution >= 4 is 11.6 Å². The maximum atomic E-state index is 12.4. The predicted molar refractivity (Wildman–Crippen MR) is 102 cm³/mol. The number of hydrogen-bond donors (Lipinski definition) is 2. The normalized spacial score (nSPS) is 16.9. The largest absolute Gasteiger partial charge is 0.370 e. The van der Waals surface area contributed by atoms with Crippen LogP contribution in [0.3, 0.4) is 0 Å². The van der Waals surface area contributed by atoms with E-state index in [0.717, 1.165) is 37.6 Å². The highest BCUT2D eigenvalue weighted by molar-refractivity contribution is 5.95. The summed E-state index contributed by atoms with van der Waals surface area (Å²) >= 11 is 0. The van der Waals surface area contributed by atoms with E-state index in [2.05, 4.69) is 22.7 Å². The van der Waals surface area contributed by atoms with Gasteiger partial charge >= 0.3 is 0 Å². The van der Waals surface area contributed by atoms with Crippen LogP contribution in [0, 0.1) is 6.92 Å². The number of rotatable bonds is 5. The Morgan fingerprint density at radius 1 is 1.08 bits per heavy atom. The summed E-state index contributed by atoms with van der Waals surface area (Å²) in [5.74, 6) is -0.187. The van der Waals surface area contributed by atoms with Gasteiger partial charge in [0, 0.05) is 11.1 Å². The van der Waals surface area contributed by atoms with Gasteiger partial charge in [-0.25, -0.2) is 5.43 Å². The molecule has 2 N–H and O–H groups in total. The van der Waals surface area contributed by atoms with E-state index in [9.17, 15) is 4.79 Å². The van der Waals surface area contributed by atoms with Gasteiger partial charge in [-0.05, 0) is 26.0 Å². The molecule has 0 saturated carbocycles. The van der Waals surface area contributed by atoms with Crippen molar-refractivity contribution in [2.45, 2.75) is 19.9 Å². The van der Waals surface area contributed by atoms with Gasteiger partial charge in [0.1, 0.15) is 13.1 Å². The lowest BCUT2D eigenvalue weighted by atomic mass is 10.0. The lowest BCUT2D eigenvalue weighted by Gasteiger charge is -2.31. The van der Waals surface area contributed by atoms with Gasteiger partial charge < -0.3 is 9.64 Å². The molecule has 1 amide bonds. The molecule has 136 valence electrons. The van der Waals surface area contributed by atoms with Crippen molar-refractivity contribution < 1.29 is 14.4 Å². The fourth-order valence-corrected chi connectivity index (χ4v) is 3.31. The summed E-state index contributed by atoms with van der Waals surface area (Å²) in [7, 11) is 0. The van der Waals surface area contributed by atoms with Crippen LogP contribution >= 0.6 is 0 Å². The van der Waals surface area contributed by atoms with Crippen LogP contribution < -0.4 is 10.3 Å². The number of amides is 1. The van der Waals surface area contributed by atoms with Crippen molar-refractivity contribution in [1.82, 2.24) is 5.43 Å². The zero-order valence-corrected chi connectivity index (χ0v) is 15.4. The zero-order valence-electron chi connectivity index (χ0n) is 15.4. The fourth-order valence-electron chi connectivity index (χ4n) is 3.31. The minimum absolute atomic E-state index is 0.110. The Bertz CT molecular complexity index is 751. The highest BCUT2D eigenvalue weighted by atomic mass is 16.5. The van der Waals surface area contributed by atoms with Crippen LogP contribution in [0.5, 0.6) is 0 Å². The van der Waals surface area contributed by atoms with Gasteiger partial charge in [-0.3, -0.25) is 4.79 Å². The number of nitrogens with zero attached hydrogens (tertiary/aromatic N) is 1. The summed E-state index contributed by atoms with van der Waals surface area (Å²) < 4.78 is 5.50. The molecule has 2 aromatic carbocycles. The molecule has 1 aliphatic rings. The van der Waals surface area contributed by atoms with Crippen LogP contribution in [0.4, 0.5) is 0 Å². The van der Waals surface area contributed by atoms with Gasteiger partial charge in [0.2, 0.25) is 0 Å².